The van der Waals surface area contributed by atoms with E-state index < -0.39 is 14.8 Å². The van der Waals surface area contributed by atoms with E-state index in [-0.39, 0.29) is 6.04 Å². The minimum Gasteiger partial charge on any atom is -0.354 e. The van der Waals surface area contributed by atoms with Gasteiger partial charge in [-0.1, -0.05) is 49.3 Å². The molecule has 10 nitrogen and oxygen atoms in total. The van der Waals surface area contributed by atoms with Gasteiger partial charge >= 0.3 is 0 Å². The largest absolute Gasteiger partial charge is 0.354 e. The smallest absolute Gasteiger partial charge is 0.229 e. The lowest BCUT2D eigenvalue weighted by Crippen LogP contribution is -2.44. The fourth-order valence-corrected chi connectivity index (χ4v) is 7.00. The number of anilines is 3. The summed E-state index contributed by atoms with van der Waals surface area (Å²) >= 11 is 0. The van der Waals surface area contributed by atoms with Crippen molar-refractivity contribution in [3.63, 3.8) is 0 Å². The highest BCUT2D eigenvalue weighted by Crippen LogP contribution is 2.46. The highest BCUT2D eigenvalue weighted by Gasteiger charge is 2.46. The molecule has 1 atom stereocenters. The summed E-state index contributed by atoms with van der Waals surface area (Å²) in [5.74, 6) is 2.44. The van der Waals surface area contributed by atoms with Crippen molar-refractivity contribution in [3.8, 4) is 0 Å². The van der Waals surface area contributed by atoms with Crippen LogP contribution in [-0.4, -0.2) is 68.0 Å². The van der Waals surface area contributed by atoms with Crippen LogP contribution in [-0.2, 0) is 14.8 Å². The van der Waals surface area contributed by atoms with Gasteiger partial charge in [0.1, 0.15) is 4.75 Å². The highest BCUT2D eigenvalue weighted by molar-refractivity contribution is 7.90. The van der Waals surface area contributed by atoms with Gasteiger partial charge in [0, 0.05) is 25.7 Å². The van der Waals surface area contributed by atoms with E-state index in [9.17, 15) is 8.42 Å². The predicted molar refractivity (Wildman–Crippen MR) is 159 cm³/mol. The second-order valence-corrected chi connectivity index (χ2v) is 13.4. The topological polar surface area (TPSA) is 138 Å². The van der Waals surface area contributed by atoms with Crippen molar-refractivity contribution in [2.45, 2.75) is 63.2 Å². The standard InChI is InChI=1S/C28H44N8O2S/c1-20(2)32-27-34-25(30-16-17-36(3)4)33-26(35-27)31-19-22-13-11-21(12-14-22)18-28(39(29,37)38)15-7-9-23-8-5-6-10-24(23)28/h5-10,20-22H,11-19H2,1-4H3,(H2,29,37,38)(H3,30,31,32,33,34,35). The third-order valence-corrected chi connectivity index (χ3v) is 9.41. The van der Waals surface area contributed by atoms with Crippen LogP contribution in [0.2, 0.25) is 0 Å². The molecule has 0 radical (unpaired) electrons. The van der Waals surface area contributed by atoms with Crippen molar-refractivity contribution < 1.29 is 8.42 Å². The minimum atomic E-state index is -3.79. The minimum absolute atomic E-state index is 0.206. The number of allylic oxidation sites excluding steroid dienone is 1. The maximum absolute atomic E-state index is 13.0. The number of sulfonamides is 1. The number of rotatable bonds is 12. The Balaban J connectivity index is 1.37. The van der Waals surface area contributed by atoms with Crippen LogP contribution < -0.4 is 21.1 Å². The number of aromatic nitrogens is 3. The molecule has 0 saturated heterocycles. The lowest BCUT2D eigenvalue weighted by Gasteiger charge is -2.39. The van der Waals surface area contributed by atoms with Crippen LogP contribution in [0.1, 0.15) is 63.5 Å². The lowest BCUT2D eigenvalue weighted by atomic mass is 9.74. The van der Waals surface area contributed by atoms with E-state index in [1.54, 1.807) is 0 Å². The molecule has 11 heteroatoms. The molecule has 0 aliphatic heterocycles. The van der Waals surface area contributed by atoms with Gasteiger partial charge in [-0.3, -0.25) is 0 Å². The third kappa shape index (κ3) is 7.46. The van der Waals surface area contributed by atoms with Crippen LogP contribution in [0.15, 0.2) is 30.3 Å². The number of primary sulfonamides is 1. The van der Waals surface area contributed by atoms with Gasteiger partial charge in [-0.15, -0.1) is 0 Å². The Morgan fingerprint density at radius 2 is 1.64 bits per heavy atom. The summed E-state index contributed by atoms with van der Waals surface area (Å²) in [5.41, 5.74) is 1.80. The molecule has 1 aromatic heterocycles. The predicted octanol–water partition coefficient (Wildman–Crippen LogP) is 3.87. The molecule has 214 valence electrons. The van der Waals surface area contributed by atoms with Gasteiger partial charge in [0.05, 0.1) is 0 Å². The fourth-order valence-electron chi connectivity index (χ4n) is 5.71. The summed E-state index contributed by atoms with van der Waals surface area (Å²) in [4.78, 5) is 15.8. The zero-order chi connectivity index (χ0) is 28.0. The molecule has 4 rings (SSSR count). The molecule has 0 bridgehead atoms. The molecule has 1 heterocycles. The zero-order valence-corrected chi connectivity index (χ0v) is 24.5. The van der Waals surface area contributed by atoms with Crippen molar-refractivity contribution in [3.05, 3.63) is 41.5 Å². The van der Waals surface area contributed by atoms with E-state index in [0.29, 0.717) is 42.5 Å². The Bertz CT molecular complexity index is 1240. The van der Waals surface area contributed by atoms with Crippen LogP contribution in [0.4, 0.5) is 17.8 Å². The number of nitrogens with two attached hydrogens (primary N) is 1. The summed E-state index contributed by atoms with van der Waals surface area (Å²) in [6.07, 6.45) is 8.96. The molecule has 1 aromatic carbocycles. The van der Waals surface area contributed by atoms with Crippen LogP contribution in [0.25, 0.3) is 6.08 Å². The molecule has 0 spiro atoms. The molecule has 2 aliphatic carbocycles. The quantitative estimate of drug-likeness (QED) is 0.307. The number of nitrogens with one attached hydrogen (secondary N) is 3. The summed E-state index contributed by atoms with van der Waals surface area (Å²) in [5, 5.41) is 15.9. The number of fused-ring (bicyclic) bond motifs is 1. The summed E-state index contributed by atoms with van der Waals surface area (Å²) in [6, 6.07) is 7.96. The van der Waals surface area contributed by atoms with E-state index in [1.165, 1.54) is 0 Å². The van der Waals surface area contributed by atoms with Crippen LogP contribution in [0.3, 0.4) is 0 Å². The van der Waals surface area contributed by atoms with Crippen LogP contribution in [0, 0.1) is 11.8 Å². The van der Waals surface area contributed by atoms with E-state index in [0.717, 1.165) is 56.4 Å². The van der Waals surface area contributed by atoms with Gasteiger partial charge in [0.2, 0.25) is 27.9 Å². The Morgan fingerprint density at radius 1 is 1.00 bits per heavy atom. The molecule has 0 amide bonds. The molecule has 1 saturated carbocycles. The van der Waals surface area contributed by atoms with Crippen LogP contribution >= 0.6 is 0 Å². The van der Waals surface area contributed by atoms with Gasteiger partial charge in [0.15, 0.2) is 0 Å². The van der Waals surface area contributed by atoms with Gasteiger partial charge < -0.3 is 20.9 Å². The second kappa shape index (κ2) is 12.6. The Hall–Kier alpha value is -2.76. The molecule has 1 unspecified atom stereocenters. The summed E-state index contributed by atoms with van der Waals surface area (Å²) in [7, 11) is 0.271. The Labute approximate surface area is 233 Å². The number of benzene rings is 1. The van der Waals surface area contributed by atoms with Crippen molar-refractivity contribution >= 4 is 33.9 Å². The van der Waals surface area contributed by atoms with Gasteiger partial charge in [-0.25, -0.2) is 13.6 Å². The van der Waals surface area contributed by atoms with Crippen molar-refractivity contribution in [2.24, 2.45) is 17.0 Å². The first-order chi connectivity index (χ1) is 18.6. The summed E-state index contributed by atoms with van der Waals surface area (Å²) in [6.45, 7) is 6.48. The van der Waals surface area contributed by atoms with E-state index in [2.05, 4.69) is 49.6 Å². The molecular weight excluding hydrogens is 512 g/mol. The molecule has 2 aromatic rings. The van der Waals surface area contributed by atoms with Crippen LogP contribution in [0.5, 0.6) is 0 Å². The molecule has 1 fully saturated rings. The van der Waals surface area contributed by atoms with Gasteiger partial charge in [-0.2, -0.15) is 15.0 Å². The van der Waals surface area contributed by atoms with Crippen molar-refractivity contribution in [1.82, 2.24) is 19.9 Å². The highest BCUT2D eigenvalue weighted by atomic mass is 32.2. The third-order valence-electron chi connectivity index (χ3n) is 7.77. The fraction of sp³-hybridized carbons (Fsp3) is 0.607. The summed E-state index contributed by atoms with van der Waals surface area (Å²) < 4.78 is 24.9. The van der Waals surface area contributed by atoms with Crippen molar-refractivity contribution in [1.29, 1.82) is 0 Å². The SMILES string of the molecule is CC(C)Nc1nc(NCCN(C)C)nc(NCC2CCC(CC3(S(N)(=O)=O)CC=Cc4ccccc43)CC2)n1. The van der Waals surface area contributed by atoms with E-state index in [1.807, 2.05) is 50.5 Å². The first kappa shape index (κ1) is 29.2. The molecule has 39 heavy (non-hydrogen) atoms. The number of likely N-dealkylation sites (N-methyl/N-ethyl adjacent to an activating group) is 1. The zero-order valence-electron chi connectivity index (χ0n) is 23.7. The number of hydrogen-bond acceptors (Lipinski definition) is 9. The molecular formula is C28H44N8O2S. The molecule has 5 N–H and O–H groups in total. The first-order valence-electron chi connectivity index (χ1n) is 14.0. The lowest BCUT2D eigenvalue weighted by molar-refractivity contribution is 0.248. The molecule has 2 aliphatic rings. The number of nitrogens with zero attached hydrogens (tertiary/aromatic N) is 4. The maximum atomic E-state index is 13.0. The van der Waals surface area contributed by atoms with Gasteiger partial charge in [-0.05, 0) is 76.6 Å². The Morgan fingerprint density at radius 3 is 2.31 bits per heavy atom. The number of hydrogen-bond donors (Lipinski definition) is 4. The van der Waals surface area contributed by atoms with E-state index in [4.69, 9.17) is 5.14 Å². The first-order valence-corrected chi connectivity index (χ1v) is 15.5. The monoisotopic (exact) mass is 556 g/mol. The normalized spacial score (nSPS) is 23.1. The average molecular weight is 557 g/mol. The van der Waals surface area contributed by atoms with Crippen molar-refractivity contribution in [2.75, 3.05) is 49.7 Å². The van der Waals surface area contributed by atoms with E-state index >= 15 is 0 Å². The van der Waals surface area contributed by atoms with Gasteiger partial charge in [0.25, 0.3) is 0 Å². The Kier molecular flexibility index (Phi) is 9.45. The average Bonchev–Trinajstić information content (AvgIpc) is 2.87. The maximum Gasteiger partial charge on any atom is 0.229 e. The second-order valence-electron chi connectivity index (χ2n) is 11.5.